The first-order chi connectivity index (χ1) is 8.64. The number of halogens is 3. The Hall–Kier alpha value is -1.83. The van der Waals surface area contributed by atoms with E-state index in [4.69, 9.17) is 0 Å². The Morgan fingerprint density at radius 1 is 1.42 bits per heavy atom. The van der Waals surface area contributed by atoms with Gasteiger partial charge in [0.2, 0.25) is 0 Å². The first-order valence-corrected chi connectivity index (χ1v) is 5.48. The second kappa shape index (κ2) is 4.09. The zero-order valence-corrected chi connectivity index (χ0v) is 10.2. The fourth-order valence-electron chi connectivity index (χ4n) is 2.00. The van der Waals surface area contributed by atoms with Gasteiger partial charge in [-0.2, -0.15) is 18.3 Å². The number of H-pyrrole nitrogens is 1. The van der Waals surface area contributed by atoms with Crippen molar-refractivity contribution >= 4 is 5.71 Å². The molecule has 0 bridgehead atoms. The summed E-state index contributed by atoms with van der Waals surface area (Å²) in [5.41, 5.74) is -0.936. The lowest BCUT2D eigenvalue weighted by Crippen LogP contribution is -2.52. The molecule has 1 aromatic rings. The van der Waals surface area contributed by atoms with Crippen LogP contribution in [0.1, 0.15) is 23.2 Å². The molecule has 1 atom stereocenters. The van der Waals surface area contributed by atoms with E-state index in [9.17, 15) is 23.1 Å². The largest absolute Gasteiger partial charge is 0.438 e. The molecule has 5 nitrogen and oxygen atoms in total. The van der Waals surface area contributed by atoms with Crippen LogP contribution in [-0.4, -0.2) is 27.7 Å². The van der Waals surface area contributed by atoms with Crippen LogP contribution in [-0.2, 0) is 0 Å². The van der Waals surface area contributed by atoms with Gasteiger partial charge in [0.25, 0.3) is 11.3 Å². The molecule has 8 heteroatoms. The van der Waals surface area contributed by atoms with Crippen molar-refractivity contribution in [1.82, 2.24) is 10.4 Å². The Morgan fingerprint density at radius 3 is 2.53 bits per heavy atom. The topological polar surface area (TPSA) is 77.5 Å². The highest BCUT2D eigenvalue weighted by molar-refractivity contribution is 6.02. The molecule has 0 unspecified atom stereocenters. The van der Waals surface area contributed by atoms with Gasteiger partial charge in [0.05, 0.1) is 17.7 Å². The molecule has 0 spiro atoms. The monoisotopic (exact) mass is 275 g/mol. The third-order valence-electron chi connectivity index (χ3n) is 2.92. The maximum absolute atomic E-state index is 12.6. The third kappa shape index (κ3) is 2.23. The van der Waals surface area contributed by atoms with Gasteiger partial charge in [-0.3, -0.25) is 10.2 Å². The van der Waals surface area contributed by atoms with Crippen LogP contribution in [0.5, 0.6) is 0 Å². The van der Waals surface area contributed by atoms with Crippen molar-refractivity contribution < 1.29 is 18.3 Å². The number of hydrogen-bond donors (Lipinski definition) is 3. The maximum atomic E-state index is 12.6. The minimum Gasteiger partial charge on any atom is -0.362 e. The van der Waals surface area contributed by atoms with E-state index in [1.54, 1.807) is 25.3 Å². The molecule has 0 aliphatic carbocycles. The first-order valence-electron chi connectivity index (χ1n) is 5.48. The molecule has 2 rings (SSSR count). The van der Waals surface area contributed by atoms with Gasteiger partial charge in [0.1, 0.15) is 0 Å². The normalized spacial score (nSPS) is 23.2. The zero-order chi connectivity index (χ0) is 14.4. The summed E-state index contributed by atoms with van der Waals surface area (Å²) in [5, 5.41) is 12.9. The van der Waals surface area contributed by atoms with Crippen molar-refractivity contribution in [3.05, 3.63) is 33.2 Å². The number of aromatic nitrogens is 1. The summed E-state index contributed by atoms with van der Waals surface area (Å²) >= 11 is 0. The summed E-state index contributed by atoms with van der Waals surface area (Å²) in [6, 6.07) is 1.63. The van der Waals surface area contributed by atoms with E-state index in [0.717, 1.165) is 0 Å². The van der Waals surface area contributed by atoms with E-state index in [2.05, 4.69) is 10.1 Å². The Bertz CT molecular complexity index is 606. The van der Waals surface area contributed by atoms with Crippen molar-refractivity contribution in [2.75, 3.05) is 0 Å². The van der Waals surface area contributed by atoms with Crippen molar-refractivity contribution in [2.45, 2.75) is 32.2 Å². The molecule has 1 aliphatic rings. The van der Waals surface area contributed by atoms with Gasteiger partial charge in [-0.05, 0) is 25.5 Å². The number of nitrogens with zero attached hydrogens (tertiary/aromatic N) is 1. The van der Waals surface area contributed by atoms with Gasteiger partial charge in [-0.1, -0.05) is 0 Å². The van der Waals surface area contributed by atoms with E-state index in [1.165, 1.54) is 0 Å². The number of hydrogen-bond acceptors (Lipinski definition) is 4. The zero-order valence-electron chi connectivity index (χ0n) is 10.2. The van der Waals surface area contributed by atoms with Crippen LogP contribution in [0.2, 0.25) is 0 Å². The Labute approximate surface area is 106 Å². The van der Waals surface area contributed by atoms with E-state index in [1.807, 2.05) is 0 Å². The van der Waals surface area contributed by atoms with E-state index in [0.29, 0.717) is 11.3 Å². The number of hydrazone groups is 1. The summed E-state index contributed by atoms with van der Waals surface area (Å²) in [6.07, 6.45) is -5.67. The van der Waals surface area contributed by atoms with Crippen LogP contribution in [0.4, 0.5) is 13.2 Å². The van der Waals surface area contributed by atoms with Crippen molar-refractivity contribution in [3.8, 4) is 0 Å². The van der Waals surface area contributed by atoms with E-state index >= 15 is 0 Å². The van der Waals surface area contributed by atoms with Crippen molar-refractivity contribution in [3.63, 3.8) is 0 Å². The molecule has 3 N–H and O–H groups in total. The summed E-state index contributed by atoms with van der Waals surface area (Å²) in [6.45, 7) is 3.27. The molecule has 0 radical (unpaired) electrons. The van der Waals surface area contributed by atoms with Crippen molar-refractivity contribution in [1.29, 1.82) is 0 Å². The fraction of sp³-hybridized carbons (Fsp3) is 0.455. The molecule has 0 amide bonds. The summed E-state index contributed by atoms with van der Waals surface area (Å²) in [7, 11) is 0. The second-order valence-electron chi connectivity index (χ2n) is 4.54. The van der Waals surface area contributed by atoms with Gasteiger partial charge in [-0.15, -0.1) is 0 Å². The fourth-order valence-corrected chi connectivity index (χ4v) is 2.00. The van der Waals surface area contributed by atoms with Crippen LogP contribution in [0.3, 0.4) is 0 Å². The average Bonchev–Trinajstić information content (AvgIpc) is 2.59. The SMILES string of the molecule is Cc1cc(C)c(C2=NN[C@@](O)(C(F)(F)F)C2)c(=O)[nH]1. The molecule has 1 aliphatic heterocycles. The quantitative estimate of drug-likeness (QED) is 0.714. The van der Waals surface area contributed by atoms with Gasteiger partial charge >= 0.3 is 6.18 Å². The standard InChI is InChI=1S/C11H12F3N3O2/c1-5-3-6(2)15-9(18)8(5)7-4-10(19,17-16-7)11(12,13)14/h3,17,19H,4H2,1-2H3,(H,15,18)/t10-/m0/s1. The van der Waals surface area contributed by atoms with Crippen LogP contribution in [0.25, 0.3) is 0 Å². The molecule has 19 heavy (non-hydrogen) atoms. The lowest BCUT2D eigenvalue weighted by atomic mass is 9.99. The van der Waals surface area contributed by atoms with E-state index in [-0.39, 0.29) is 11.3 Å². The van der Waals surface area contributed by atoms with Gasteiger partial charge in [0, 0.05) is 5.69 Å². The molecule has 0 fully saturated rings. The number of alkyl halides is 3. The van der Waals surface area contributed by atoms with Crippen LogP contribution < -0.4 is 11.0 Å². The smallest absolute Gasteiger partial charge is 0.362 e. The average molecular weight is 275 g/mol. The number of aromatic amines is 1. The minimum atomic E-state index is -4.87. The van der Waals surface area contributed by atoms with Gasteiger partial charge < -0.3 is 10.1 Å². The molecule has 0 saturated heterocycles. The summed E-state index contributed by atoms with van der Waals surface area (Å²) in [4.78, 5) is 14.3. The Balaban J connectivity index is 2.40. The molecular formula is C11H12F3N3O2. The van der Waals surface area contributed by atoms with Crippen molar-refractivity contribution in [2.24, 2.45) is 5.10 Å². The minimum absolute atomic E-state index is 0.0540. The maximum Gasteiger partial charge on any atom is 0.438 e. The molecule has 104 valence electrons. The summed E-state index contributed by atoms with van der Waals surface area (Å²) < 4.78 is 37.9. The summed E-state index contributed by atoms with van der Waals surface area (Å²) in [5.74, 6) is 0. The Kier molecular flexibility index (Phi) is 2.93. The number of pyridine rings is 1. The van der Waals surface area contributed by atoms with E-state index < -0.39 is 23.9 Å². The molecule has 0 aromatic carbocycles. The predicted molar refractivity (Wildman–Crippen MR) is 61.8 cm³/mol. The highest BCUT2D eigenvalue weighted by Crippen LogP contribution is 2.34. The van der Waals surface area contributed by atoms with Crippen LogP contribution in [0.15, 0.2) is 16.0 Å². The number of nitrogens with one attached hydrogen (secondary N) is 2. The Morgan fingerprint density at radius 2 is 2.05 bits per heavy atom. The number of aryl methyl sites for hydroxylation is 2. The first kappa shape index (κ1) is 13.6. The third-order valence-corrected chi connectivity index (χ3v) is 2.92. The molecular weight excluding hydrogens is 263 g/mol. The molecule has 0 saturated carbocycles. The number of aliphatic hydroxyl groups is 1. The molecule has 1 aromatic heterocycles. The lowest BCUT2D eigenvalue weighted by molar-refractivity contribution is -0.266. The molecule has 2 heterocycles. The predicted octanol–water partition coefficient (Wildman–Crippen LogP) is 0.940. The van der Waals surface area contributed by atoms with Gasteiger partial charge in [0.15, 0.2) is 0 Å². The van der Waals surface area contributed by atoms with Gasteiger partial charge in [-0.25, -0.2) is 0 Å². The second-order valence-corrected chi connectivity index (χ2v) is 4.54. The lowest BCUT2D eigenvalue weighted by Gasteiger charge is -2.24. The highest BCUT2D eigenvalue weighted by Gasteiger charge is 2.57. The van der Waals surface area contributed by atoms with Crippen LogP contribution in [0, 0.1) is 13.8 Å². The highest BCUT2D eigenvalue weighted by atomic mass is 19.4. The number of rotatable bonds is 1. The van der Waals surface area contributed by atoms with Crippen LogP contribution >= 0.6 is 0 Å².